The van der Waals surface area contributed by atoms with Crippen molar-refractivity contribution in [3.05, 3.63) is 33.6 Å². The maximum absolute atomic E-state index is 12.7. The summed E-state index contributed by atoms with van der Waals surface area (Å²) in [7, 11) is -1.77. The van der Waals surface area contributed by atoms with Crippen LogP contribution in [0.1, 0.15) is 0 Å². The molecule has 10 nitrogen and oxygen atoms in total. The Morgan fingerprint density at radius 3 is 2.71 bits per heavy atom. The van der Waals surface area contributed by atoms with E-state index in [4.69, 9.17) is 17.3 Å². The van der Waals surface area contributed by atoms with Gasteiger partial charge in [-0.25, -0.2) is 24.1 Å². The highest BCUT2D eigenvalue weighted by atomic mass is 35.5. The molecular weight excluding hydrogens is 358 g/mol. The first-order valence-corrected chi connectivity index (χ1v) is 7.93. The van der Waals surface area contributed by atoms with Gasteiger partial charge in [-0.3, -0.25) is 10.1 Å². The van der Waals surface area contributed by atoms with Gasteiger partial charge < -0.3 is 11.1 Å². The second kappa shape index (κ2) is 5.04. The minimum atomic E-state index is -1.77. The molecule has 24 heavy (non-hydrogen) atoms. The molecule has 4 rings (SSSR count). The quantitative estimate of drug-likeness (QED) is 0.381. The number of nitrogens with zero attached hydrogens (tertiary/aromatic N) is 5. The average molecular weight is 364 g/mol. The molecule has 3 heterocycles. The molecule has 0 saturated heterocycles. The molecule has 1 aliphatic heterocycles. The molecule has 1 unspecified atom stereocenters. The van der Waals surface area contributed by atoms with Gasteiger partial charge in [0.05, 0.1) is 16.0 Å². The van der Waals surface area contributed by atoms with Crippen LogP contribution in [0.5, 0.6) is 0 Å². The molecule has 120 valence electrons. The topological polar surface area (TPSA) is 150 Å². The van der Waals surface area contributed by atoms with E-state index in [0.29, 0.717) is 5.52 Å². The highest BCUT2D eigenvalue weighted by Crippen LogP contribution is 2.37. The highest BCUT2D eigenvalue weighted by molar-refractivity contribution is 7.85. The first-order chi connectivity index (χ1) is 11.5. The van der Waals surface area contributed by atoms with E-state index >= 15 is 0 Å². The van der Waals surface area contributed by atoms with Crippen LogP contribution in [0.15, 0.2) is 28.4 Å². The number of hydrogen-bond donors (Lipinski definition) is 2. The third-order valence-electron chi connectivity index (χ3n) is 3.33. The normalized spacial score (nSPS) is 15.5. The van der Waals surface area contributed by atoms with Crippen molar-refractivity contribution in [2.45, 2.75) is 9.92 Å². The highest BCUT2D eigenvalue weighted by Gasteiger charge is 2.29. The molecule has 0 fully saturated rings. The summed E-state index contributed by atoms with van der Waals surface area (Å²) in [5, 5.41) is 13.9. The lowest BCUT2D eigenvalue weighted by atomic mass is 10.2. The van der Waals surface area contributed by atoms with Crippen LogP contribution in [-0.4, -0.2) is 29.1 Å². The molecule has 1 aliphatic rings. The van der Waals surface area contributed by atoms with Crippen LogP contribution in [0.4, 0.5) is 23.1 Å². The zero-order chi connectivity index (χ0) is 17.0. The Hall–Kier alpha value is -2.92. The van der Waals surface area contributed by atoms with Gasteiger partial charge in [0.1, 0.15) is 32.9 Å². The van der Waals surface area contributed by atoms with Crippen molar-refractivity contribution in [1.82, 2.24) is 19.9 Å². The Kier molecular flexibility index (Phi) is 3.08. The summed E-state index contributed by atoms with van der Waals surface area (Å²) in [4.78, 5) is 26.9. The number of nitrogens with two attached hydrogens (primary N) is 1. The number of halogens is 1. The van der Waals surface area contributed by atoms with E-state index in [1.165, 1.54) is 18.5 Å². The van der Waals surface area contributed by atoms with E-state index < -0.39 is 15.7 Å². The molecule has 0 spiro atoms. The van der Waals surface area contributed by atoms with Gasteiger partial charge in [-0.2, -0.15) is 0 Å². The Morgan fingerprint density at radius 1 is 1.21 bits per heavy atom. The van der Waals surface area contributed by atoms with Crippen LogP contribution < -0.4 is 11.1 Å². The maximum Gasteiger partial charge on any atom is 0.290 e. The maximum atomic E-state index is 12.7. The van der Waals surface area contributed by atoms with Gasteiger partial charge in [0.15, 0.2) is 16.7 Å². The third kappa shape index (κ3) is 2.06. The molecule has 0 aliphatic carbocycles. The predicted octanol–water partition coefficient (Wildman–Crippen LogP) is 1.79. The minimum Gasteiger partial charge on any atom is -0.383 e. The van der Waals surface area contributed by atoms with Crippen molar-refractivity contribution >= 4 is 56.6 Å². The van der Waals surface area contributed by atoms with Crippen molar-refractivity contribution < 1.29 is 9.13 Å². The summed E-state index contributed by atoms with van der Waals surface area (Å²) in [6, 6.07) is 2.51. The fourth-order valence-corrected chi connectivity index (χ4v) is 3.66. The van der Waals surface area contributed by atoms with Gasteiger partial charge in [-0.05, 0) is 6.07 Å². The van der Waals surface area contributed by atoms with E-state index in [-0.39, 0.29) is 43.6 Å². The van der Waals surface area contributed by atoms with Gasteiger partial charge in [0.2, 0.25) is 0 Å². The molecule has 0 saturated carbocycles. The van der Waals surface area contributed by atoms with E-state index in [0.717, 1.165) is 0 Å². The number of nitro benzene ring substituents is 1. The number of nitro groups is 1. The van der Waals surface area contributed by atoms with Crippen molar-refractivity contribution in [1.29, 1.82) is 0 Å². The number of rotatable bonds is 1. The van der Waals surface area contributed by atoms with Crippen LogP contribution in [0.25, 0.3) is 11.0 Å². The molecule has 2 aromatic heterocycles. The number of aromatic nitrogens is 4. The average Bonchev–Trinajstić information content (AvgIpc) is 2.52. The molecule has 12 heteroatoms. The van der Waals surface area contributed by atoms with E-state index in [1.807, 2.05) is 0 Å². The Balaban J connectivity index is 1.97. The second-order valence-electron chi connectivity index (χ2n) is 4.76. The van der Waals surface area contributed by atoms with Gasteiger partial charge in [-0.15, -0.1) is 0 Å². The fraction of sp³-hybridized carbons (Fsp3) is 0. The largest absolute Gasteiger partial charge is 0.383 e. The molecule has 3 aromatic rings. The summed E-state index contributed by atoms with van der Waals surface area (Å²) in [6.07, 6.45) is 1.23. The SMILES string of the molecule is Nc1ncnc2c1S(=O)c1nc3cc([N+](=O)[O-])c(Cl)cc3nc1N2. The zero-order valence-corrected chi connectivity index (χ0v) is 13.1. The monoisotopic (exact) mass is 363 g/mol. The second-order valence-corrected chi connectivity index (χ2v) is 6.50. The minimum absolute atomic E-state index is 0.0560. The van der Waals surface area contributed by atoms with E-state index in [9.17, 15) is 14.3 Å². The predicted molar refractivity (Wildman–Crippen MR) is 85.6 cm³/mol. The summed E-state index contributed by atoms with van der Waals surface area (Å²) in [6.45, 7) is 0. The van der Waals surface area contributed by atoms with Crippen LogP contribution in [0.2, 0.25) is 5.02 Å². The lowest BCUT2D eigenvalue weighted by Gasteiger charge is -2.18. The number of hydrogen-bond acceptors (Lipinski definition) is 9. The van der Waals surface area contributed by atoms with Crippen LogP contribution in [0, 0.1) is 10.1 Å². The number of fused-ring (bicyclic) bond motifs is 3. The zero-order valence-electron chi connectivity index (χ0n) is 11.6. The first-order valence-electron chi connectivity index (χ1n) is 6.40. The Labute approximate surface area is 140 Å². The van der Waals surface area contributed by atoms with Crippen LogP contribution >= 0.6 is 11.6 Å². The lowest BCUT2D eigenvalue weighted by Crippen LogP contribution is -2.16. The number of nitrogens with one attached hydrogen (secondary N) is 1. The standard InChI is InChI=1S/C12H6ClN7O3S/c13-4-1-5-6(2-7(4)20(21)22)18-12-11(17-5)19-10-8(24(12)23)9(14)15-3-16-10/h1-3H,(H3,14,15,16,17,19). The number of benzene rings is 1. The van der Waals surface area contributed by atoms with Crippen molar-refractivity contribution in [3.63, 3.8) is 0 Å². The molecule has 0 bridgehead atoms. The van der Waals surface area contributed by atoms with Crippen LogP contribution in [0.3, 0.4) is 0 Å². The van der Waals surface area contributed by atoms with Gasteiger partial charge in [0.25, 0.3) is 5.69 Å². The smallest absolute Gasteiger partial charge is 0.290 e. The molecule has 1 aromatic carbocycles. The summed E-state index contributed by atoms with van der Waals surface area (Å²) in [5.41, 5.74) is 5.95. The molecular formula is C12H6ClN7O3S. The Bertz CT molecular complexity index is 1070. The first kappa shape index (κ1) is 14.7. The molecule has 0 amide bonds. The van der Waals surface area contributed by atoms with Crippen molar-refractivity contribution in [3.8, 4) is 0 Å². The van der Waals surface area contributed by atoms with Gasteiger partial charge in [0, 0.05) is 6.07 Å². The fourth-order valence-electron chi connectivity index (χ4n) is 2.27. The summed E-state index contributed by atoms with van der Waals surface area (Å²) >= 11 is 5.88. The Morgan fingerprint density at radius 2 is 1.96 bits per heavy atom. The summed E-state index contributed by atoms with van der Waals surface area (Å²) < 4.78 is 12.7. The van der Waals surface area contributed by atoms with Crippen LogP contribution in [-0.2, 0) is 10.8 Å². The number of anilines is 3. The van der Waals surface area contributed by atoms with Crippen molar-refractivity contribution in [2.24, 2.45) is 0 Å². The van der Waals surface area contributed by atoms with Gasteiger partial charge >= 0.3 is 0 Å². The molecule has 0 radical (unpaired) electrons. The lowest BCUT2D eigenvalue weighted by molar-refractivity contribution is -0.384. The van der Waals surface area contributed by atoms with E-state index in [2.05, 4.69) is 25.3 Å². The molecule has 1 atom stereocenters. The third-order valence-corrected chi connectivity index (χ3v) is 5.04. The van der Waals surface area contributed by atoms with Crippen molar-refractivity contribution in [2.75, 3.05) is 11.1 Å². The number of nitrogen functional groups attached to an aromatic ring is 1. The summed E-state index contributed by atoms with van der Waals surface area (Å²) in [5.74, 6) is 0.548. The molecule has 3 N–H and O–H groups in total. The van der Waals surface area contributed by atoms with E-state index in [1.54, 1.807) is 0 Å². The van der Waals surface area contributed by atoms with Gasteiger partial charge in [-0.1, -0.05) is 11.6 Å².